The predicted molar refractivity (Wildman–Crippen MR) is 75.8 cm³/mol. The molecule has 2 unspecified atom stereocenters. The van der Waals surface area contributed by atoms with E-state index < -0.39 is 5.82 Å². The Morgan fingerprint density at radius 1 is 1.26 bits per heavy atom. The van der Waals surface area contributed by atoms with Crippen LogP contribution in [0.1, 0.15) is 38.7 Å². The van der Waals surface area contributed by atoms with E-state index in [0.29, 0.717) is 17.4 Å². The molecule has 0 aliphatic heterocycles. The van der Waals surface area contributed by atoms with Gasteiger partial charge in [-0.1, -0.05) is 37.6 Å². The van der Waals surface area contributed by atoms with Gasteiger partial charge in [0.15, 0.2) is 0 Å². The highest BCUT2D eigenvalue weighted by atomic mass is 35.5. The van der Waals surface area contributed by atoms with E-state index in [2.05, 4.69) is 13.8 Å². The number of rotatable bonds is 3. The van der Waals surface area contributed by atoms with Crippen molar-refractivity contribution in [1.29, 1.82) is 0 Å². The quantitative estimate of drug-likeness (QED) is 0.788. The van der Waals surface area contributed by atoms with Crippen LogP contribution >= 0.6 is 11.6 Å². The summed E-state index contributed by atoms with van der Waals surface area (Å²) >= 11 is 5.74. The molecule has 0 amide bonds. The zero-order valence-electron chi connectivity index (χ0n) is 11.5. The molecule has 0 heterocycles. The van der Waals surface area contributed by atoms with E-state index in [1.54, 1.807) is 12.1 Å². The zero-order valence-corrected chi connectivity index (χ0v) is 12.2. The SMILES string of the molecule is CC1CC(C)CC(C(=O)Cc2cccc(Cl)c2F)C1. The fourth-order valence-electron chi connectivity index (χ4n) is 3.23. The number of benzene rings is 1. The molecule has 0 aromatic heterocycles. The average molecular weight is 283 g/mol. The molecule has 1 saturated carbocycles. The van der Waals surface area contributed by atoms with Gasteiger partial charge in [0.2, 0.25) is 0 Å². The second-order valence-corrected chi connectivity index (χ2v) is 6.38. The van der Waals surface area contributed by atoms with E-state index in [1.807, 2.05) is 0 Å². The molecule has 1 aromatic rings. The molecule has 0 radical (unpaired) electrons. The van der Waals surface area contributed by atoms with Crippen LogP contribution in [0.5, 0.6) is 0 Å². The molecule has 2 rings (SSSR count). The molecular formula is C16H20ClFO. The number of carbonyl (C=O) groups is 1. The molecule has 104 valence electrons. The number of hydrogen-bond acceptors (Lipinski definition) is 1. The standard InChI is InChI=1S/C16H20ClFO/c1-10-6-11(2)8-13(7-10)15(19)9-12-4-3-5-14(17)16(12)18/h3-5,10-11,13H,6-9H2,1-2H3. The molecule has 1 fully saturated rings. The van der Waals surface area contributed by atoms with Crippen LogP contribution < -0.4 is 0 Å². The summed E-state index contributed by atoms with van der Waals surface area (Å²) in [5.41, 5.74) is 0.420. The van der Waals surface area contributed by atoms with Gasteiger partial charge < -0.3 is 0 Å². The highest BCUT2D eigenvalue weighted by molar-refractivity contribution is 6.30. The van der Waals surface area contributed by atoms with Crippen LogP contribution in [0.2, 0.25) is 5.02 Å². The first-order chi connectivity index (χ1) is 8.97. The second-order valence-electron chi connectivity index (χ2n) is 5.97. The van der Waals surface area contributed by atoms with Crippen molar-refractivity contribution in [1.82, 2.24) is 0 Å². The van der Waals surface area contributed by atoms with E-state index in [-0.39, 0.29) is 23.1 Å². The normalized spacial score (nSPS) is 27.3. The second kappa shape index (κ2) is 6.04. The fraction of sp³-hybridized carbons (Fsp3) is 0.562. The smallest absolute Gasteiger partial charge is 0.145 e. The summed E-state index contributed by atoms with van der Waals surface area (Å²) in [6.07, 6.45) is 3.22. The first-order valence-electron chi connectivity index (χ1n) is 6.93. The Bertz CT molecular complexity index is 462. The molecule has 2 atom stereocenters. The van der Waals surface area contributed by atoms with Crippen LogP contribution in [0.4, 0.5) is 4.39 Å². The lowest BCUT2D eigenvalue weighted by atomic mass is 9.74. The van der Waals surface area contributed by atoms with Gasteiger partial charge in [-0.2, -0.15) is 0 Å². The lowest BCUT2D eigenvalue weighted by molar-refractivity contribution is -0.124. The van der Waals surface area contributed by atoms with Crippen molar-refractivity contribution in [2.24, 2.45) is 17.8 Å². The van der Waals surface area contributed by atoms with Crippen molar-refractivity contribution < 1.29 is 9.18 Å². The summed E-state index contributed by atoms with van der Waals surface area (Å²) in [6.45, 7) is 4.38. The Hall–Kier alpha value is -0.890. The van der Waals surface area contributed by atoms with Gasteiger partial charge in [-0.3, -0.25) is 4.79 Å². The molecule has 1 aliphatic carbocycles. The third kappa shape index (κ3) is 3.56. The monoisotopic (exact) mass is 282 g/mol. The van der Waals surface area contributed by atoms with E-state index in [0.717, 1.165) is 12.8 Å². The Labute approximate surface area is 119 Å². The maximum atomic E-state index is 13.8. The molecular weight excluding hydrogens is 263 g/mol. The number of hydrogen-bond donors (Lipinski definition) is 0. The van der Waals surface area contributed by atoms with Crippen LogP contribution in [-0.2, 0) is 11.2 Å². The third-order valence-electron chi connectivity index (χ3n) is 4.03. The summed E-state index contributed by atoms with van der Waals surface area (Å²) in [6, 6.07) is 4.85. The van der Waals surface area contributed by atoms with E-state index in [4.69, 9.17) is 11.6 Å². The van der Waals surface area contributed by atoms with Crippen molar-refractivity contribution >= 4 is 17.4 Å². The highest BCUT2D eigenvalue weighted by Gasteiger charge is 2.29. The molecule has 0 saturated heterocycles. The van der Waals surface area contributed by atoms with Gasteiger partial charge in [-0.15, -0.1) is 0 Å². The molecule has 0 N–H and O–H groups in total. The lowest BCUT2D eigenvalue weighted by Crippen LogP contribution is -2.27. The van der Waals surface area contributed by atoms with E-state index in [1.165, 1.54) is 12.5 Å². The minimum atomic E-state index is -0.450. The molecule has 1 aromatic carbocycles. The van der Waals surface area contributed by atoms with Gasteiger partial charge in [0.25, 0.3) is 0 Å². The minimum Gasteiger partial charge on any atom is -0.299 e. The summed E-state index contributed by atoms with van der Waals surface area (Å²) in [7, 11) is 0. The van der Waals surface area contributed by atoms with Crippen LogP contribution in [0.3, 0.4) is 0 Å². The van der Waals surface area contributed by atoms with Crippen LogP contribution in [0, 0.1) is 23.6 Å². The topological polar surface area (TPSA) is 17.1 Å². The Morgan fingerprint density at radius 3 is 2.53 bits per heavy atom. The Balaban J connectivity index is 2.06. The molecule has 1 aliphatic rings. The zero-order chi connectivity index (χ0) is 14.0. The summed E-state index contributed by atoms with van der Waals surface area (Å²) in [4.78, 5) is 12.3. The van der Waals surface area contributed by atoms with E-state index >= 15 is 0 Å². The van der Waals surface area contributed by atoms with Gasteiger partial charge in [0.1, 0.15) is 11.6 Å². The van der Waals surface area contributed by atoms with Crippen molar-refractivity contribution in [3.63, 3.8) is 0 Å². The minimum absolute atomic E-state index is 0.0807. The Kier molecular flexibility index (Phi) is 4.62. The van der Waals surface area contributed by atoms with Crippen molar-refractivity contribution in [3.05, 3.63) is 34.6 Å². The lowest BCUT2D eigenvalue weighted by Gasteiger charge is -2.30. The highest BCUT2D eigenvalue weighted by Crippen LogP contribution is 2.34. The van der Waals surface area contributed by atoms with Crippen molar-refractivity contribution in [2.75, 3.05) is 0 Å². The molecule has 3 heteroatoms. The van der Waals surface area contributed by atoms with Gasteiger partial charge in [0, 0.05) is 12.3 Å². The van der Waals surface area contributed by atoms with Crippen LogP contribution in [0.25, 0.3) is 0 Å². The van der Waals surface area contributed by atoms with Crippen LogP contribution in [-0.4, -0.2) is 5.78 Å². The largest absolute Gasteiger partial charge is 0.299 e. The van der Waals surface area contributed by atoms with Gasteiger partial charge in [-0.05, 0) is 42.7 Å². The third-order valence-corrected chi connectivity index (χ3v) is 4.32. The average Bonchev–Trinajstić information content (AvgIpc) is 2.33. The molecule has 1 nitrogen and oxygen atoms in total. The molecule has 19 heavy (non-hydrogen) atoms. The van der Waals surface area contributed by atoms with Crippen LogP contribution in [0.15, 0.2) is 18.2 Å². The summed E-state index contributed by atoms with van der Waals surface area (Å²) in [5.74, 6) is 0.954. The number of carbonyl (C=O) groups excluding carboxylic acids is 1. The van der Waals surface area contributed by atoms with Gasteiger partial charge in [0.05, 0.1) is 5.02 Å². The molecule has 0 bridgehead atoms. The number of halogens is 2. The fourth-order valence-corrected chi connectivity index (χ4v) is 3.42. The maximum Gasteiger partial charge on any atom is 0.145 e. The molecule has 0 spiro atoms. The summed E-state index contributed by atoms with van der Waals surface area (Å²) in [5, 5.41) is 0.0932. The van der Waals surface area contributed by atoms with Crippen molar-refractivity contribution in [3.8, 4) is 0 Å². The Morgan fingerprint density at radius 2 is 1.89 bits per heavy atom. The van der Waals surface area contributed by atoms with Crippen molar-refractivity contribution in [2.45, 2.75) is 39.5 Å². The van der Waals surface area contributed by atoms with Gasteiger partial charge in [-0.25, -0.2) is 4.39 Å². The first-order valence-corrected chi connectivity index (χ1v) is 7.30. The first kappa shape index (κ1) is 14.5. The summed E-state index contributed by atoms with van der Waals surface area (Å²) < 4.78 is 13.8. The number of Topliss-reactive ketones (excluding diaryl/α,β-unsaturated/α-hetero) is 1. The predicted octanol–water partition coefficient (Wildman–Crippen LogP) is 4.66. The maximum absolute atomic E-state index is 13.8. The van der Waals surface area contributed by atoms with E-state index in [9.17, 15) is 9.18 Å². The number of ketones is 1. The van der Waals surface area contributed by atoms with Gasteiger partial charge >= 0.3 is 0 Å².